The van der Waals surface area contributed by atoms with Gasteiger partial charge < -0.3 is 10.1 Å². The Labute approximate surface area is 114 Å². The molecule has 0 aromatic heterocycles. The molecule has 0 aliphatic heterocycles. The molecule has 1 rings (SSSR count). The van der Waals surface area contributed by atoms with Crippen molar-refractivity contribution in [3.05, 3.63) is 34.9 Å². The molecule has 2 nitrogen and oxygen atoms in total. The van der Waals surface area contributed by atoms with Crippen molar-refractivity contribution in [3.8, 4) is 0 Å². The number of aryl methyl sites for hydroxylation is 1. The zero-order valence-electron chi connectivity index (χ0n) is 11.9. The molecule has 108 valence electrons. The molecule has 0 amide bonds. The van der Waals surface area contributed by atoms with Gasteiger partial charge >= 0.3 is 0 Å². The van der Waals surface area contributed by atoms with Gasteiger partial charge in [-0.15, -0.1) is 0 Å². The molecule has 0 bridgehead atoms. The van der Waals surface area contributed by atoms with Gasteiger partial charge in [0, 0.05) is 24.8 Å². The van der Waals surface area contributed by atoms with E-state index in [1.165, 1.54) is 12.1 Å². The quantitative estimate of drug-likeness (QED) is 0.727. The standard InChI is InChI=1S/C15H23F2NO/c1-4-9-19-10-8-13(18-5-2)14-12(16)7-6-11(3)15(14)17/h6-7,13,18H,4-5,8-10H2,1-3H3. The molecule has 1 aromatic carbocycles. The molecule has 0 heterocycles. The van der Waals surface area contributed by atoms with Crippen LogP contribution in [0.5, 0.6) is 0 Å². The number of hydrogen-bond acceptors (Lipinski definition) is 2. The second-order valence-corrected chi connectivity index (χ2v) is 4.60. The molecular weight excluding hydrogens is 248 g/mol. The highest BCUT2D eigenvalue weighted by Crippen LogP contribution is 2.25. The van der Waals surface area contributed by atoms with Crippen molar-refractivity contribution in [2.24, 2.45) is 0 Å². The van der Waals surface area contributed by atoms with E-state index in [0.717, 1.165) is 6.42 Å². The first-order chi connectivity index (χ1) is 9.11. The van der Waals surface area contributed by atoms with Gasteiger partial charge in [-0.3, -0.25) is 0 Å². The second-order valence-electron chi connectivity index (χ2n) is 4.60. The molecule has 0 radical (unpaired) electrons. The number of benzene rings is 1. The lowest BCUT2D eigenvalue weighted by Crippen LogP contribution is -2.25. The van der Waals surface area contributed by atoms with Crippen LogP contribution < -0.4 is 5.32 Å². The molecule has 1 atom stereocenters. The van der Waals surface area contributed by atoms with Crippen LogP contribution in [0.4, 0.5) is 8.78 Å². The largest absolute Gasteiger partial charge is 0.381 e. The Hall–Kier alpha value is -1.00. The normalized spacial score (nSPS) is 12.7. The molecular formula is C15H23F2NO. The summed E-state index contributed by atoms with van der Waals surface area (Å²) in [5, 5.41) is 3.12. The van der Waals surface area contributed by atoms with E-state index in [0.29, 0.717) is 31.7 Å². The zero-order chi connectivity index (χ0) is 14.3. The predicted molar refractivity (Wildman–Crippen MR) is 73.2 cm³/mol. The summed E-state index contributed by atoms with van der Waals surface area (Å²) in [5.74, 6) is -0.953. The maximum absolute atomic E-state index is 14.1. The Morgan fingerprint density at radius 3 is 2.58 bits per heavy atom. The first-order valence-electron chi connectivity index (χ1n) is 6.87. The number of nitrogens with one attached hydrogen (secondary N) is 1. The SMILES string of the molecule is CCCOCCC(NCC)c1c(F)ccc(C)c1F. The van der Waals surface area contributed by atoms with Gasteiger partial charge in [-0.05, 0) is 37.9 Å². The Balaban J connectivity index is 2.83. The van der Waals surface area contributed by atoms with Crippen LogP contribution in [0, 0.1) is 18.6 Å². The van der Waals surface area contributed by atoms with Crippen LogP contribution in [-0.4, -0.2) is 19.8 Å². The molecule has 0 saturated carbocycles. The molecule has 0 spiro atoms. The van der Waals surface area contributed by atoms with Crippen molar-refractivity contribution in [1.29, 1.82) is 0 Å². The molecule has 1 unspecified atom stereocenters. The van der Waals surface area contributed by atoms with Crippen LogP contribution in [-0.2, 0) is 4.74 Å². The van der Waals surface area contributed by atoms with Crippen molar-refractivity contribution < 1.29 is 13.5 Å². The summed E-state index contributed by atoms with van der Waals surface area (Å²) in [6.45, 7) is 7.43. The van der Waals surface area contributed by atoms with Gasteiger partial charge in [-0.2, -0.15) is 0 Å². The summed E-state index contributed by atoms with van der Waals surface area (Å²) in [7, 11) is 0. The average molecular weight is 271 g/mol. The third-order valence-corrected chi connectivity index (χ3v) is 3.02. The summed E-state index contributed by atoms with van der Waals surface area (Å²) < 4.78 is 33.4. The predicted octanol–water partition coefficient (Wildman–Crippen LogP) is 3.74. The first-order valence-corrected chi connectivity index (χ1v) is 6.87. The Bertz CT molecular complexity index is 396. The van der Waals surface area contributed by atoms with Crippen LogP contribution in [0.3, 0.4) is 0 Å². The van der Waals surface area contributed by atoms with E-state index in [-0.39, 0.29) is 11.6 Å². The van der Waals surface area contributed by atoms with E-state index in [9.17, 15) is 8.78 Å². The molecule has 0 aliphatic carbocycles. The third kappa shape index (κ3) is 4.55. The maximum atomic E-state index is 14.1. The van der Waals surface area contributed by atoms with E-state index in [1.807, 2.05) is 13.8 Å². The van der Waals surface area contributed by atoms with Crippen LogP contribution >= 0.6 is 0 Å². The van der Waals surface area contributed by atoms with E-state index in [1.54, 1.807) is 6.92 Å². The average Bonchev–Trinajstić information content (AvgIpc) is 2.39. The number of hydrogen-bond donors (Lipinski definition) is 1. The minimum atomic E-state index is -0.496. The van der Waals surface area contributed by atoms with E-state index in [2.05, 4.69) is 5.32 Å². The van der Waals surface area contributed by atoms with Crippen molar-refractivity contribution >= 4 is 0 Å². The summed E-state index contributed by atoms with van der Waals surface area (Å²) in [6.07, 6.45) is 1.50. The maximum Gasteiger partial charge on any atom is 0.133 e. The molecule has 0 fully saturated rings. The van der Waals surface area contributed by atoms with Gasteiger partial charge in [0.2, 0.25) is 0 Å². The molecule has 4 heteroatoms. The van der Waals surface area contributed by atoms with E-state index >= 15 is 0 Å². The molecule has 0 saturated heterocycles. The van der Waals surface area contributed by atoms with Crippen LogP contribution in [0.15, 0.2) is 12.1 Å². The second kappa shape index (κ2) is 8.23. The van der Waals surface area contributed by atoms with Crippen molar-refractivity contribution in [3.63, 3.8) is 0 Å². The minimum absolute atomic E-state index is 0.127. The minimum Gasteiger partial charge on any atom is -0.381 e. The first kappa shape index (κ1) is 16.1. The lowest BCUT2D eigenvalue weighted by molar-refractivity contribution is 0.124. The monoisotopic (exact) mass is 271 g/mol. The fourth-order valence-corrected chi connectivity index (χ4v) is 2.04. The molecule has 1 aromatic rings. The smallest absolute Gasteiger partial charge is 0.133 e. The van der Waals surface area contributed by atoms with E-state index < -0.39 is 11.6 Å². The highest BCUT2D eigenvalue weighted by molar-refractivity contribution is 5.29. The summed E-state index contributed by atoms with van der Waals surface area (Å²) in [5.41, 5.74) is 0.593. The molecule has 1 N–H and O–H groups in total. The third-order valence-electron chi connectivity index (χ3n) is 3.02. The Kier molecular flexibility index (Phi) is 6.95. The van der Waals surface area contributed by atoms with Gasteiger partial charge in [0.1, 0.15) is 11.6 Å². The summed E-state index contributed by atoms with van der Waals surface area (Å²) >= 11 is 0. The summed E-state index contributed by atoms with van der Waals surface area (Å²) in [4.78, 5) is 0. The summed E-state index contributed by atoms with van der Waals surface area (Å²) in [6, 6.07) is 2.44. The van der Waals surface area contributed by atoms with Crippen LogP contribution in [0.25, 0.3) is 0 Å². The topological polar surface area (TPSA) is 21.3 Å². The van der Waals surface area contributed by atoms with Crippen LogP contribution in [0.1, 0.15) is 43.9 Å². The lowest BCUT2D eigenvalue weighted by Gasteiger charge is -2.20. The zero-order valence-corrected chi connectivity index (χ0v) is 11.9. The van der Waals surface area contributed by atoms with Crippen LogP contribution in [0.2, 0.25) is 0 Å². The van der Waals surface area contributed by atoms with Crippen molar-refractivity contribution in [2.75, 3.05) is 19.8 Å². The number of halogens is 2. The van der Waals surface area contributed by atoms with Gasteiger partial charge in [0.15, 0.2) is 0 Å². The number of ether oxygens (including phenoxy) is 1. The van der Waals surface area contributed by atoms with Gasteiger partial charge in [-0.25, -0.2) is 8.78 Å². The molecule has 0 aliphatic rings. The lowest BCUT2D eigenvalue weighted by atomic mass is 10.00. The fourth-order valence-electron chi connectivity index (χ4n) is 2.04. The molecule has 19 heavy (non-hydrogen) atoms. The number of rotatable bonds is 8. The highest BCUT2D eigenvalue weighted by atomic mass is 19.1. The van der Waals surface area contributed by atoms with Gasteiger partial charge in [-0.1, -0.05) is 19.9 Å². The van der Waals surface area contributed by atoms with Crippen molar-refractivity contribution in [2.45, 2.75) is 39.7 Å². The fraction of sp³-hybridized carbons (Fsp3) is 0.600. The van der Waals surface area contributed by atoms with Gasteiger partial charge in [0.25, 0.3) is 0 Å². The van der Waals surface area contributed by atoms with E-state index in [4.69, 9.17) is 4.74 Å². The van der Waals surface area contributed by atoms with Crippen molar-refractivity contribution in [1.82, 2.24) is 5.32 Å². The Morgan fingerprint density at radius 1 is 1.21 bits per heavy atom. The highest BCUT2D eigenvalue weighted by Gasteiger charge is 2.20. The van der Waals surface area contributed by atoms with Gasteiger partial charge in [0.05, 0.1) is 0 Å². The Morgan fingerprint density at radius 2 is 1.95 bits per heavy atom.